The number of hydrogen-bond donors (Lipinski definition) is 3. The van der Waals surface area contributed by atoms with Gasteiger partial charge < -0.3 is 21.3 Å². The fraction of sp³-hybridized carbons (Fsp3) is 0.600. The number of piperidine rings is 1. The van der Waals surface area contributed by atoms with E-state index >= 15 is 0 Å². The molecule has 3 heterocycles. The summed E-state index contributed by atoms with van der Waals surface area (Å²) in [7, 11) is 0. The number of fused-ring (bicyclic) bond motifs is 1. The second-order valence-corrected chi connectivity index (χ2v) is 13.2. The van der Waals surface area contributed by atoms with E-state index in [1.54, 1.807) is 35.9 Å². The third-order valence-electron chi connectivity index (χ3n) is 8.89. The number of benzene rings is 1. The highest BCUT2D eigenvalue weighted by atomic mass is 16.2. The van der Waals surface area contributed by atoms with Crippen LogP contribution in [0.3, 0.4) is 0 Å². The molecule has 0 spiro atoms. The number of urea groups is 1. The van der Waals surface area contributed by atoms with Crippen LogP contribution in [0.5, 0.6) is 0 Å². The lowest BCUT2D eigenvalue weighted by Crippen LogP contribution is -2.58. The number of nitrogens with one attached hydrogen (secondary N) is 1. The van der Waals surface area contributed by atoms with Crippen molar-refractivity contribution >= 4 is 17.8 Å². The number of nitrogens with two attached hydrogens (primary N) is 2. The van der Waals surface area contributed by atoms with E-state index in [9.17, 15) is 14.4 Å². The van der Waals surface area contributed by atoms with E-state index in [1.807, 2.05) is 12.1 Å². The first-order valence-electron chi connectivity index (χ1n) is 14.6. The van der Waals surface area contributed by atoms with Crippen molar-refractivity contribution in [2.24, 2.45) is 29.2 Å². The van der Waals surface area contributed by atoms with Crippen LogP contribution in [0.2, 0.25) is 0 Å². The molecule has 1 aromatic carbocycles. The van der Waals surface area contributed by atoms with E-state index in [1.165, 1.54) is 10.1 Å². The molecular weight excluding hydrogens is 520 g/mol. The summed E-state index contributed by atoms with van der Waals surface area (Å²) in [5, 5.41) is 2.70. The fourth-order valence-electron chi connectivity index (χ4n) is 6.66. The van der Waals surface area contributed by atoms with Crippen molar-refractivity contribution in [3.8, 4) is 5.69 Å². The molecule has 222 valence electrons. The quantitative estimate of drug-likeness (QED) is 0.462. The fourth-order valence-corrected chi connectivity index (χ4v) is 6.66. The standard InChI is InChI=1S/C30H44N8O3/c1-19(37-17-22-23(18-37)25(22)29(2,3)31)16-20-6-8-21(9-7-20)38-11-10-24(34-28(38)41)33-27(40)36-14-12-35(13-15-36)26(39)30(4,5)32/h6-11,19,22-23,25H,12-18,31-32H2,1-5H3,(H,33,34,40,41)/t19?,22-,23+,25?. The Balaban J connectivity index is 1.13. The number of likely N-dealkylation sites (tertiary alicyclic amines) is 1. The number of anilines is 1. The zero-order chi connectivity index (χ0) is 29.7. The molecule has 11 nitrogen and oxygen atoms in total. The number of rotatable bonds is 7. The van der Waals surface area contributed by atoms with Crippen LogP contribution < -0.4 is 22.5 Å². The second kappa shape index (κ2) is 10.8. The number of carbonyl (C=O) groups excluding carboxylic acids is 2. The number of amides is 3. The highest BCUT2D eigenvalue weighted by Gasteiger charge is 2.60. The molecule has 1 aliphatic carbocycles. The molecule has 2 aliphatic heterocycles. The number of piperazine rings is 1. The zero-order valence-corrected chi connectivity index (χ0v) is 24.8. The molecule has 0 radical (unpaired) electrons. The van der Waals surface area contributed by atoms with Gasteiger partial charge in [0, 0.05) is 57.0 Å². The Morgan fingerprint density at radius 3 is 2.10 bits per heavy atom. The molecule has 11 heteroatoms. The van der Waals surface area contributed by atoms with E-state index in [0.29, 0.717) is 38.1 Å². The molecule has 5 N–H and O–H groups in total. The molecule has 1 aromatic heterocycles. The summed E-state index contributed by atoms with van der Waals surface area (Å²) in [6, 6.07) is 9.69. The van der Waals surface area contributed by atoms with Crippen molar-refractivity contribution < 1.29 is 9.59 Å². The van der Waals surface area contributed by atoms with Crippen LogP contribution >= 0.6 is 0 Å². The summed E-state index contributed by atoms with van der Waals surface area (Å²) < 4.78 is 1.46. The Hall–Kier alpha value is -3.28. The van der Waals surface area contributed by atoms with Gasteiger partial charge in [-0.15, -0.1) is 0 Å². The third kappa shape index (κ3) is 6.32. The van der Waals surface area contributed by atoms with Crippen LogP contribution in [-0.4, -0.2) is 92.6 Å². The van der Waals surface area contributed by atoms with Crippen LogP contribution in [0.25, 0.3) is 5.69 Å². The molecule has 3 amide bonds. The molecular formula is C30H44N8O3. The Kier molecular flexibility index (Phi) is 7.73. The van der Waals surface area contributed by atoms with Crippen molar-refractivity contribution in [2.45, 2.75) is 58.2 Å². The van der Waals surface area contributed by atoms with E-state index in [0.717, 1.165) is 37.0 Å². The highest BCUT2D eigenvalue weighted by Crippen LogP contribution is 2.56. The van der Waals surface area contributed by atoms with Gasteiger partial charge in [0.1, 0.15) is 5.82 Å². The van der Waals surface area contributed by atoms with Gasteiger partial charge in [-0.1, -0.05) is 12.1 Å². The minimum atomic E-state index is -0.947. The van der Waals surface area contributed by atoms with E-state index in [4.69, 9.17) is 11.5 Å². The molecule has 41 heavy (non-hydrogen) atoms. The summed E-state index contributed by atoms with van der Waals surface area (Å²) in [4.78, 5) is 47.8. The zero-order valence-electron chi connectivity index (χ0n) is 24.8. The number of carbonyl (C=O) groups is 2. The predicted molar refractivity (Wildman–Crippen MR) is 159 cm³/mol. The van der Waals surface area contributed by atoms with Crippen molar-refractivity contribution in [3.63, 3.8) is 0 Å². The van der Waals surface area contributed by atoms with Gasteiger partial charge in [-0.3, -0.25) is 19.6 Å². The summed E-state index contributed by atoms with van der Waals surface area (Å²) >= 11 is 0. The molecule has 2 saturated heterocycles. The van der Waals surface area contributed by atoms with Gasteiger partial charge in [-0.05, 0) is 82.6 Å². The molecule has 3 aliphatic rings. The first-order valence-corrected chi connectivity index (χ1v) is 14.6. The lowest BCUT2D eigenvalue weighted by molar-refractivity contribution is -0.137. The minimum absolute atomic E-state index is 0.0852. The third-order valence-corrected chi connectivity index (χ3v) is 8.89. The Labute approximate surface area is 241 Å². The van der Waals surface area contributed by atoms with Gasteiger partial charge in [-0.25, -0.2) is 9.59 Å². The molecule has 5 rings (SSSR count). The van der Waals surface area contributed by atoms with Gasteiger partial charge in [0.2, 0.25) is 5.91 Å². The minimum Gasteiger partial charge on any atom is -0.338 e. The Morgan fingerprint density at radius 1 is 0.976 bits per heavy atom. The SMILES string of the molecule is CC(Cc1ccc(-n2ccc(NC(=O)N3CCN(C(=O)C(C)(C)N)CC3)nc2=O)cc1)N1C[C@@H]2C(C(C)(C)N)[C@@H]2C1. The highest BCUT2D eigenvalue weighted by molar-refractivity contribution is 5.89. The second-order valence-electron chi connectivity index (χ2n) is 13.2. The molecule has 2 unspecified atom stereocenters. The maximum Gasteiger partial charge on any atom is 0.354 e. The van der Waals surface area contributed by atoms with Crippen LogP contribution in [0, 0.1) is 17.8 Å². The largest absolute Gasteiger partial charge is 0.354 e. The van der Waals surface area contributed by atoms with Gasteiger partial charge in [0.25, 0.3) is 0 Å². The molecule has 2 aromatic rings. The Bertz CT molecular complexity index is 1320. The monoisotopic (exact) mass is 564 g/mol. The van der Waals surface area contributed by atoms with E-state index in [2.05, 4.69) is 48.1 Å². The first-order chi connectivity index (χ1) is 19.2. The van der Waals surface area contributed by atoms with Crippen LogP contribution in [-0.2, 0) is 11.2 Å². The van der Waals surface area contributed by atoms with Crippen LogP contribution in [0.15, 0.2) is 41.3 Å². The van der Waals surface area contributed by atoms with Crippen molar-refractivity contribution in [1.82, 2.24) is 24.3 Å². The summed E-state index contributed by atoms with van der Waals surface area (Å²) in [5.74, 6) is 2.16. The van der Waals surface area contributed by atoms with E-state index in [-0.39, 0.29) is 23.3 Å². The average Bonchev–Trinajstić information content (AvgIpc) is 3.44. The normalized spacial score (nSPS) is 23.7. The summed E-state index contributed by atoms with van der Waals surface area (Å²) in [6.07, 6.45) is 2.56. The van der Waals surface area contributed by atoms with Gasteiger partial charge >= 0.3 is 11.7 Å². The van der Waals surface area contributed by atoms with Gasteiger partial charge in [-0.2, -0.15) is 4.98 Å². The summed E-state index contributed by atoms with van der Waals surface area (Å²) in [5.41, 5.74) is 12.7. The van der Waals surface area contributed by atoms with E-state index < -0.39 is 11.2 Å². The topological polar surface area (TPSA) is 143 Å². The van der Waals surface area contributed by atoms with Crippen molar-refractivity contribution in [3.05, 3.63) is 52.6 Å². The average molecular weight is 565 g/mol. The number of nitrogens with zero attached hydrogens (tertiary/aromatic N) is 5. The molecule has 4 atom stereocenters. The van der Waals surface area contributed by atoms with Gasteiger partial charge in [0.15, 0.2) is 0 Å². The first kappa shape index (κ1) is 29.2. The lowest BCUT2D eigenvalue weighted by Gasteiger charge is -2.37. The van der Waals surface area contributed by atoms with Crippen LogP contribution in [0.4, 0.5) is 10.6 Å². The molecule has 0 bridgehead atoms. The Morgan fingerprint density at radius 2 is 1.56 bits per heavy atom. The molecule has 3 fully saturated rings. The van der Waals surface area contributed by atoms with Crippen molar-refractivity contribution in [2.75, 3.05) is 44.6 Å². The summed E-state index contributed by atoms with van der Waals surface area (Å²) in [6.45, 7) is 13.7. The number of aromatic nitrogens is 2. The van der Waals surface area contributed by atoms with Gasteiger partial charge in [0.05, 0.1) is 11.2 Å². The molecule has 1 saturated carbocycles. The lowest BCUT2D eigenvalue weighted by atomic mass is 9.95. The maximum atomic E-state index is 12.8. The van der Waals surface area contributed by atoms with Crippen LogP contribution in [0.1, 0.15) is 40.2 Å². The maximum absolute atomic E-state index is 12.8. The van der Waals surface area contributed by atoms with Crippen molar-refractivity contribution in [1.29, 1.82) is 0 Å². The number of hydrogen-bond acceptors (Lipinski definition) is 7. The predicted octanol–water partition coefficient (Wildman–Crippen LogP) is 1.49. The smallest absolute Gasteiger partial charge is 0.338 e.